The van der Waals surface area contributed by atoms with Gasteiger partial charge in [-0.2, -0.15) is 0 Å². The third kappa shape index (κ3) is 7.32. The van der Waals surface area contributed by atoms with E-state index in [9.17, 15) is 14.2 Å². The lowest BCUT2D eigenvalue weighted by Crippen LogP contribution is -2.27. The molecule has 0 bridgehead atoms. The molecule has 1 fully saturated rings. The van der Waals surface area contributed by atoms with Gasteiger partial charge < -0.3 is 20.3 Å². The minimum absolute atomic E-state index is 0.0529. The van der Waals surface area contributed by atoms with Crippen molar-refractivity contribution < 1.29 is 33.2 Å². The summed E-state index contributed by atoms with van der Waals surface area (Å²) in [5.74, 6) is -0.132. The molecule has 0 heterocycles. The fourth-order valence-corrected chi connectivity index (χ4v) is 4.26. The van der Waals surface area contributed by atoms with Gasteiger partial charge in [-0.1, -0.05) is 25.3 Å². The molecule has 0 aliphatic heterocycles. The van der Waals surface area contributed by atoms with Crippen LogP contribution in [0.4, 0.5) is 0 Å². The molecule has 178 valence electrons. The van der Waals surface area contributed by atoms with E-state index in [1.807, 2.05) is 0 Å². The van der Waals surface area contributed by atoms with E-state index in [1.165, 1.54) is 43.5 Å². The molecular weight excluding hydrogens is 447 g/mol. The van der Waals surface area contributed by atoms with Crippen molar-refractivity contribution in [3.8, 4) is 11.5 Å². The summed E-state index contributed by atoms with van der Waals surface area (Å²) < 4.78 is 21.3. The van der Waals surface area contributed by atoms with E-state index < -0.39 is 25.7 Å². The standard InChI is InChI=1S/C23H29N2O7P/c1-15(25-23(27)17-7-10-19(11-8-17)32-33(28,29)30)18-9-12-21(20(13-18)22(24)26)31-14-16-5-3-2-4-6-16/h7-13,15-16H,2-6,14H2,1H3,(H2,24,26)(H,25,27)(H2,28,29,30). The van der Waals surface area contributed by atoms with Crippen LogP contribution in [0.2, 0.25) is 0 Å². The second-order valence-electron chi connectivity index (χ2n) is 8.24. The number of amides is 2. The minimum atomic E-state index is -4.67. The number of hydrogen-bond donors (Lipinski definition) is 4. The number of hydrogen-bond acceptors (Lipinski definition) is 5. The van der Waals surface area contributed by atoms with Crippen LogP contribution in [0.5, 0.6) is 11.5 Å². The van der Waals surface area contributed by atoms with Gasteiger partial charge in [-0.15, -0.1) is 0 Å². The normalized spacial score (nSPS) is 15.5. The van der Waals surface area contributed by atoms with Crippen LogP contribution in [-0.4, -0.2) is 28.2 Å². The first-order valence-corrected chi connectivity index (χ1v) is 12.4. The van der Waals surface area contributed by atoms with Crippen LogP contribution in [0, 0.1) is 5.92 Å². The Morgan fingerprint density at radius 1 is 1.12 bits per heavy atom. The second-order valence-corrected chi connectivity index (χ2v) is 9.40. The number of carbonyl (C=O) groups excluding carboxylic acids is 2. The van der Waals surface area contributed by atoms with Crippen molar-refractivity contribution >= 4 is 19.6 Å². The average molecular weight is 476 g/mol. The molecule has 1 unspecified atom stereocenters. The summed E-state index contributed by atoms with van der Waals surface area (Å²) >= 11 is 0. The monoisotopic (exact) mass is 476 g/mol. The van der Waals surface area contributed by atoms with Gasteiger partial charge in [0.2, 0.25) is 0 Å². The second kappa shape index (κ2) is 10.8. The molecule has 0 aromatic heterocycles. The van der Waals surface area contributed by atoms with Gasteiger partial charge in [0.15, 0.2) is 0 Å². The maximum absolute atomic E-state index is 12.6. The van der Waals surface area contributed by atoms with Crippen LogP contribution in [0.3, 0.4) is 0 Å². The van der Waals surface area contributed by atoms with E-state index in [0.717, 1.165) is 12.8 Å². The van der Waals surface area contributed by atoms with Crippen molar-refractivity contribution in [1.29, 1.82) is 0 Å². The zero-order valence-corrected chi connectivity index (χ0v) is 19.3. The number of ether oxygens (including phenoxy) is 1. The van der Waals surface area contributed by atoms with Crippen LogP contribution in [0.25, 0.3) is 0 Å². The third-order valence-electron chi connectivity index (χ3n) is 5.66. The summed E-state index contributed by atoms with van der Waals surface area (Å²) in [5.41, 5.74) is 6.80. The first kappa shape index (κ1) is 24.8. The Morgan fingerprint density at radius 2 is 1.79 bits per heavy atom. The van der Waals surface area contributed by atoms with Gasteiger partial charge in [0.1, 0.15) is 11.5 Å². The zero-order chi connectivity index (χ0) is 24.0. The molecule has 10 heteroatoms. The van der Waals surface area contributed by atoms with Crippen LogP contribution in [-0.2, 0) is 4.57 Å². The van der Waals surface area contributed by atoms with Crippen molar-refractivity contribution in [1.82, 2.24) is 5.32 Å². The van der Waals surface area contributed by atoms with Gasteiger partial charge in [0, 0.05) is 5.56 Å². The summed E-state index contributed by atoms with van der Waals surface area (Å²) in [6, 6.07) is 10.0. The molecule has 0 saturated heterocycles. The highest BCUT2D eigenvalue weighted by Gasteiger charge is 2.19. The predicted octanol–water partition coefficient (Wildman–Crippen LogP) is 3.71. The van der Waals surface area contributed by atoms with Crippen molar-refractivity contribution in [2.75, 3.05) is 6.61 Å². The van der Waals surface area contributed by atoms with Crippen LogP contribution >= 0.6 is 7.82 Å². The smallest absolute Gasteiger partial charge is 0.492 e. The van der Waals surface area contributed by atoms with Gasteiger partial charge in [0.05, 0.1) is 18.2 Å². The van der Waals surface area contributed by atoms with E-state index in [4.69, 9.17) is 20.3 Å². The zero-order valence-electron chi connectivity index (χ0n) is 18.4. The topological polar surface area (TPSA) is 148 Å². The minimum Gasteiger partial charge on any atom is -0.492 e. The molecule has 9 nitrogen and oxygen atoms in total. The highest BCUT2D eigenvalue weighted by molar-refractivity contribution is 7.46. The Morgan fingerprint density at radius 3 is 2.39 bits per heavy atom. The van der Waals surface area contributed by atoms with Crippen LogP contribution < -0.4 is 20.3 Å². The number of nitrogens with two attached hydrogens (primary N) is 1. The van der Waals surface area contributed by atoms with E-state index in [1.54, 1.807) is 25.1 Å². The fourth-order valence-electron chi connectivity index (χ4n) is 3.86. The molecule has 2 aromatic carbocycles. The molecule has 2 aromatic rings. The number of phosphoric ester groups is 1. The summed E-state index contributed by atoms with van der Waals surface area (Å²) in [4.78, 5) is 42.3. The Bertz CT molecular complexity index is 1030. The quantitative estimate of drug-likeness (QED) is 0.403. The fraction of sp³-hybridized carbons (Fsp3) is 0.391. The molecule has 3 rings (SSSR count). The molecule has 0 spiro atoms. The summed E-state index contributed by atoms with van der Waals surface area (Å²) in [5, 5.41) is 2.82. The largest absolute Gasteiger partial charge is 0.524 e. The molecule has 2 amide bonds. The molecular formula is C23H29N2O7P. The first-order valence-electron chi connectivity index (χ1n) is 10.8. The molecule has 1 atom stereocenters. The highest BCUT2D eigenvalue weighted by atomic mass is 31.2. The van der Waals surface area contributed by atoms with Crippen molar-refractivity contribution in [2.24, 2.45) is 11.7 Å². The van der Waals surface area contributed by atoms with Crippen LogP contribution in [0.15, 0.2) is 42.5 Å². The molecule has 0 radical (unpaired) electrons. The van der Waals surface area contributed by atoms with Gasteiger partial charge in [-0.25, -0.2) is 4.57 Å². The van der Waals surface area contributed by atoms with Crippen molar-refractivity contribution in [2.45, 2.75) is 45.1 Å². The number of phosphoric acid groups is 1. The van der Waals surface area contributed by atoms with Gasteiger partial charge in [-0.3, -0.25) is 19.4 Å². The van der Waals surface area contributed by atoms with Gasteiger partial charge in [0.25, 0.3) is 11.8 Å². The average Bonchev–Trinajstić information content (AvgIpc) is 2.77. The number of carbonyl (C=O) groups is 2. The first-order chi connectivity index (χ1) is 15.6. The van der Waals surface area contributed by atoms with Crippen molar-refractivity contribution in [3.63, 3.8) is 0 Å². The maximum atomic E-state index is 12.6. The van der Waals surface area contributed by atoms with Gasteiger partial charge in [-0.05, 0) is 67.6 Å². The molecule has 5 N–H and O–H groups in total. The maximum Gasteiger partial charge on any atom is 0.524 e. The highest BCUT2D eigenvalue weighted by Crippen LogP contribution is 2.37. The van der Waals surface area contributed by atoms with Crippen LogP contribution in [0.1, 0.15) is 71.3 Å². The Labute approximate surface area is 192 Å². The number of rotatable bonds is 9. The SMILES string of the molecule is CC(NC(=O)c1ccc(OP(=O)(O)O)cc1)c1ccc(OCC2CCCCC2)c(C(N)=O)c1. The lowest BCUT2D eigenvalue weighted by Gasteiger charge is -2.22. The van der Waals surface area contributed by atoms with Gasteiger partial charge >= 0.3 is 7.82 Å². The van der Waals surface area contributed by atoms with E-state index in [2.05, 4.69) is 9.84 Å². The lowest BCUT2D eigenvalue weighted by atomic mass is 9.90. The van der Waals surface area contributed by atoms with E-state index in [-0.39, 0.29) is 16.9 Å². The number of primary amides is 1. The Hall–Kier alpha value is -2.87. The Balaban J connectivity index is 1.65. The van der Waals surface area contributed by atoms with E-state index in [0.29, 0.717) is 23.8 Å². The number of nitrogens with one attached hydrogen (secondary N) is 1. The summed E-state index contributed by atoms with van der Waals surface area (Å²) in [6.07, 6.45) is 5.91. The third-order valence-corrected chi connectivity index (χ3v) is 6.11. The number of benzene rings is 2. The van der Waals surface area contributed by atoms with E-state index >= 15 is 0 Å². The lowest BCUT2D eigenvalue weighted by molar-refractivity contribution is 0.0939. The molecule has 1 aliphatic carbocycles. The molecule has 1 saturated carbocycles. The molecule has 33 heavy (non-hydrogen) atoms. The summed E-state index contributed by atoms with van der Waals surface area (Å²) in [6.45, 7) is 2.32. The molecule has 1 aliphatic rings. The Kier molecular flexibility index (Phi) is 8.13. The predicted molar refractivity (Wildman–Crippen MR) is 122 cm³/mol. The summed E-state index contributed by atoms with van der Waals surface area (Å²) in [7, 11) is -4.67. The van der Waals surface area contributed by atoms with Crippen molar-refractivity contribution in [3.05, 3.63) is 59.2 Å².